The van der Waals surface area contributed by atoms with Crippen molar-refractivity contribution in [2.24, 2.45) is 0 Å². The maximum atomic E-state index is 9.04. The van der Waals surface area contributed by atoms with Crippen LogP contribution in [-0.4, -0.2) is 26.4 Å². The quantitative estimate of drug-likeness (QED) is 0.687. The summed E-state index contributed by atoms with van der Waals surface area (Å²) in [5.41, 5.74) is 4.13. The first-order valence-electron chi connectivity index (χ1n) is 9.44. The third-order valence-corrected chi connectivity index (χ3v) is 5.69. The smallest absolute Gasteiger partial charge is 0.188 e. The van der Waals surface area contributed by atoms with Crippen LogP contribution in [-0.2, 0) is 6.54 Å². The molecule has 28 heavy (non-hydrogen) atoms. The van der Waals surface area contributed by atoms with Crippen LogP contribution < -0.4 is 5.32 Å². The first kappa shape index (κ1) is 18.5. The van der Waals surface area contributed by atoms with Crippen LogP contribution >= 0.6 is 11.3 Å². The van der Waals surface area contributed by atoms with Crippen molar-refractivity contribution < 1.29 is 0 Å². The molecule has 3 aromatic rings. The molecule has 0 radical (unpaired) electrons. The van der Waals surface area contributed by atoms with Crippen LogP contribution in [0.1, 0.15) is 47.7 Å². The molecule has 6 nitrogen and oxygen atoms in total. The van der Waals surface area contributed by atoms with Crippen LogP contribution in [0.5, 0.6) is 0 Å². The molecule has 1 atom stereocenters. The maximum Gasteiger partial charge on any atom is 0.188 e. The van der Waals surface area contributed by atoms with Crippen molar-refractivity contribution in [2.45, 2.75) is 38.8 Å². The molecule has 1 fully saturated rings. The molecule has 0 bridgehead atoms. The second kappa shape index (κ2) is 8.46. The number of pyridine rings is 2. The number of nitriles is 1. The molecule has 0 saturated carbocycles. The standard InChI is InChI=1S/C21H22N6S/c1-15-8-17(12-23-11-15)13-27-7-3-2-4-19(27)18-14-28-21(25-18)26-20-9-16(10-22)5-6-24-20/h5-6,8-9,11-12,14,19H,2-4,7,13H2,1H3,(H,24,25,26)/t19-/m0/s1. The lowest BCUT2D eigenvalue weighted by molar-refractivity contribution is 0.137. The molecule has 4 heterocycles. The number of thiazole rings is 1. The van der Waals surface area contributed by atoms with Gasteiger partial charge in [-0.2, -0.15) is 5.26 Å². The van der Waals surface area contributed by atoms with Gasteiger partial charge in [0, 0.05) is 30.5 Å². The van der Waals surface area contributed by atoms with Gasteiger partial charge in [-0.05, 0) is 49.6 Å². The van der Waals surface area contributed by atoms with Crippen LogP contribution in [0.4, 0.5) is 10.9 Å². The predicted molar refractivity (Wildman–Crippen MR) is 110 cm³/mol. The van der Waals surface area contributed by atoms with Crippen molar-refractivity contribution in [2.75, 3.05) is 11.9 Å². The summed E-state index contributed by atoms with van der Waals surface area (Å²) in [6.45, 7) is 4.05. The number of nitrogens with zero attached hydrogens (tertiary/aromatic N) is 5. The molecule has 1 N–H and O–H groups in total. The van der Waals surface area contributed by atoms with Gasteiger partial charge in [-0.15, -0.1) is 11.3 Å². The summed E-state index contributed by atoms with van der Waals surface area (Å²) in [5.74, 6) is 0.645. The van der Waals surface area contributed by atoms with E-state index >= 15 is 0 Å². The van der Waals surface area contributed by atoms with Gasteiger partial charge in [0.15, 0.2) is 5.13 Å². The molecule has 0 aliphatic carbocycles. The molecule has 3 aromatic heterocycles. The summed E-state index contributed by atoms with van der Waals surface area (Å²) in [7, 11) is 0. The molecular weight excluding hydrogens is 368 g/mol. The summed E-state index contributed by atoms with van der Waals surface area (Å²) >= 11 is 1.58. The van der Waals surface area contributed by atoms with E-state index in [9.17, 15) is 0 Å². The van der Waals surface area contributed by atoms with E-state index in [0.717, 1.165) is 30.3 Å². The zero-order chi connectivity index (χ0) is 19.3. The largest absolute Gasteiger partial charge is 0.316 e. The van der Waals surface area contributed by atoms with Gasteiger partial charge >= 0.3 is 0 Å². The number of piperidine rings is 1. The molecule has 4 rings (SSSR count). The zero-order valence-electron chi connectivity index (χ0n) is 15.8. The molecular formula is C21H22N6S. The van der Waals surface area contributed by atoms with Crippen molar-refractivity contribution in [1.82, 2.24) is 19.9 Å². The lowest BCUT2D eigenvalue weighted by Crippen LogP contribution is -2.33. The minimum Gasteiger partial charge on any atom is -0.316 e. The van der Waals surface area contributed by atoms with Crippen LogP contribution in [0.3, 0.4) is 0 Å². The monoisotopic (exact) mass is 390 g/mol. The summed E-state index contributed by atoms with van der Waals surface area (Å²) in [6.07, 6.45) is 9.04. The fourth-order valence-electron chi connectivity index (χ4n) is 3.63. The number of hydrogen-bond donors (Lipinski definition) is 1. The van der Waals surface area contributed by atoms with Gasteiger partial charge in [-0.1, -0.05) is 12.5 Å². The number of aryl methyl sites for hydroxylation is 1. The van der Waals surface area contributed by atoms with Gasteiger partial charge in [0.1, 0.15) is 5.82 Å². The summed E-state index contributed by atoms with van der Waals surface area (Å²) < 4.78 is 0. The van der Waals surface area contributed by atoms with Crippen LogP contribution in [0.2, 0.25) is 0 Å². The van der Waals surface area contributed by atoms with E-state index in [-0.39, 0.29) is 0 Å². The van der Waals surface area contributed by atoms with Crippen molar-refractivity contribution in [3.63, 3.8) is 0 Å². The normalized spacial score (nSPS) is 17.2. The van der Waals surface area contributed by atoms with Crippen molar-refractivity contribution in [1.29, 1.82) is 5.26 Å². The number of rotatable bonds is 5. The maximum absolute atomic E-state index is 9.04. The van der Waals surface area contributed by atoms with E-state index in [1.54, 1.807) is 29.7 Å². The molecule has 142 valence electrons. The Kier molecular flexibility index (Phi) is 5.60. The predicted octanol–water partition coefficient (Wildman–Crippen LogP) is 4.58. The van der Waals surface area contributed by atoms with Crippen LogP contribution in [0.15, 0.2) is 42.2 Å². The van der Waals surface area contributed by atoms with E-state index in [0.29, 0.717) is 17.4 Å². The van der Waals surface area contributed by atoms with Crippen molar-refractivity contribution >= 4 is 22.3 Å². The lowest BCUT2D eigenvalue weighted by atomic mass is 9.99. The highest BCUT2D eigenvalue weighted by molar-refractivity contribution is 7.13. The van der Waals surface area contributed by atoms with Gasteiger partial charge in [0.25, 0.3) is 0 Å². The Morgan fingerprint density at radius 3 is 3.11 bits per heavy atom. The first-order chi connectivity index (χ1) is 13.7. The molecule has 1 saturated heterocycles. The minimum absolute atomic E-state index is 0.319. The van der Waals surface area contributed by atoms with Crippen molar-refractivity contribution in [3.05, 3.63) is 64.6 Å². The van der Waals surface area contributed by atoms with E-state index in [2.05, 4.69) is 44.6 Å². The van der Waals surface area contributed by atoms with E-state index < -0.39 is 0 Å². The molecule has 0 aromatic carbocycles. The fourth-order valence-corrected chi connectivity index (χ4v) is 4.39. The lowest BCUT2D eigenvalue weighted by Gasteiger charge is -2.34. The number of hydrogen-bond acceptors (Lipinski definition) is 7. The topological polar surface area (TPSA) is 77.7 Å². The fraction of sp³-hybridized carbons (Fsp3) is 0.333. The summed E-state index contributed by atoms with van der Waals surface area (Å²) in [4.78, 5) is 15.9. The number of nitrogens with one attached hydrogen (secondary N) is 1. The van der Waals surface area contributed by atoms with E-state index in [1.807, 2.05) is 12.4 Å². The Hall–Kier alpha value is -2.82. The van der Waals surface area contributed by atoms with Gasteiger partial charge in [-0.3, -0.25) is 9.88 Å². The number of aromatic nitrogens is 3. The highest BCUT2D eigenvalue weighted by Gasteiger charge is 2.26. The highest BCUT2D eigenvalue weighted by atomic mass is 32.1. The Balaban J connectivity index is 1.49. The first-order valence-corrected chi connectivity index (χ1v) is 10.3. The van der Waals surface area contributed by atoms with Crippen LogP contribution in [0.25, 0.3) is 0 Å². The van der Waals surface area contributed by atoms with E-state index in [1.165, 1.54) is 24.0 Å². The average Bonchev–Trinajstić information content (AvgIpc) is 3.17. The second-order valence-electron chi connectivity index (χ2n) is 7.10. The molecule has 1 aliphatic heterocycles. The SMILES string of the molecule is Cc1cncc(CN2CCCC[C@H]2c2csc(Nc3cc(C#N)ccn3)n2)c1. The molecule has 0 unspecified atom stereocenters. The molecule has 1 aliphatic rings. The number of likely N-dealkylation sites (tertiary alicyclic amines) is 1. The molecule has 0 spiro atoms. The minimum atomic E-state index is 0.319. The van der Waals surface area contributed by atoms with E-state index in [4.69, 9.17) is 10.2 Å². The Morgan fingerprint density at radius 2 is 2.25 bits per heavy atom. The zero-order valence-corrected chi connectivity index (χ0v) is 16.6. The third-order valence-electron chi connectivity index (χ3n) is 4.92. The van der Waals surface area contributed by atoms with Crippen molar-refractivity contribution in [3.8, 4) is 6.07 Å². The Morgan fingerprint density at radius 1 is 1.32 bits per heavy atom. The summed E-state index contributed by atoms with van der Waals surface area (Å²) in [5, 5.41) is 15.2. The highest BCUT2D eigenvalue weighted by Crippen LogP contribution is 2.34. The Labute approximate surface area is 168 Å². The van der Waals surface area contributed by atoms with Gasteiger partial charge in [0.2, 0.25) is 0 Å². The second-order valence-corrected chi connectivity index (χ2v) is 7.95. The summed E-state index contributed by atoms with van der Waals surface area (Å²) in [6, 6.07) is 8.09. The van der Waals surface area contributed by atoms with Gasteiger partial charge < -0.3 is 5.32 Å². The van der Waals surface area contributed by atoms with Gasteiger partial charge in [0.05, 0.1) is 23.4 Å². The molecule has 7 heteroatoms. The Bertz CT molecular complexity index is 992. The molecule has 0 amide bonds. The number of anilines is 2. The van der Waals surface area contributed by atoms with Crippen LogP contribution in [0, 0.1) is 18.3 Å². The average molecular weight is 391 g/mol. The third kappa shape index (κ3) is 4.35. The van der Waals surface area contributed by atoms with Gasteiger partial charge in [-0.25, -0.2) is 9.97 Å².